The second-order valence-corrected chi connectivity index (χ2v) is 6.74. The molecule has 1 fully saturated rings. The highest BCUT2D eigenvalue weighted by Gasteiger charge is 2.47. The van der Waals surface area contributed by atoms with E-state index in [-0.39, 0.29) is 12.4 Å². The summed E-state index contributed by atoms with van der Waals surface area (Å²) in [5.74, 6) is -1.07. The molecule has 0 aliphatic carbocycles. The van der Waals surface area contributed by atoms with Crippen molar-refractivity contribution in [2.45, 2.75) is 44.4 Å². The van der Waals surface area contributed by atoms with Gasteiger partial charge in [-0.15, -0.1) is 0 Å². The minimum absolute atomic E-state index is 0.135. The van der Waals surface area contributed by atoms with Gasteiger partial charge >= 0.3 is 11.9 Å². The first-order chi connectivity index (χ1) is 13.3. The number of hydrogen-bond donors (Lipinski definition) is 3. The largest absolute Gasteiger partial charge is 0.508 e. The zero-order valence-corrected chi connectivity index (χ0v) is 15.4. The Morgan fingerprint density at radius 2 is 1.68 bits per heavy atom. The lowest BCUT2D eigenvalue weighted by atomic mass is 9.90. The van der Waals surface area contributed by atoms with Crippen molar-refractivity contribution in [3.8, 4) is 5.75 Å². The van der Waals surface area contributed by atoms with Gasteiger partial charge in [-0.05, 0) is 34.5 Å². The van der Waals surface area contributed by atoms with E-state index in [9.17, 15) is 24.9 Å². The Balaban J connectivity index is 1.91. The van der Waals surface area contributed by atoms with Gasteiger partial charge in [-0.2, -0.15) is 0 Å². The summed E-state index contributed by atoms with van der Waals surface area (Å²) in [4.78, 5) is 22.5. The second-order valence-electron chi connectivity index (χ2n) is 6.74. The van der Waals surface area contributed by atoms with Crippen LogP contribution in [0.1, 0.15) is 25.5 Å². The SMILES string of the molecule is CC(=O)OCC1OC(c2ccc3cc(O)ccc3c2)C(O)C(O)C1OC(C)=O. The molecule has 1 heterocycles. The molecule has 28 heavy (non-hydrogen) atoms. The van der Waals surface area contributed by atoms with Crippen LogP contribution in [0, 0.1) is 0 Å². The van der Waals surface area contributed by atoms with Crippen LogP contribution in [0.2, 0.25) is 0 Å². The van der Waals surface area contributed by atoms with Gasteiger partial charge in [-0.1, -0.05) is 18.2 Å². The smallest absolute Gasteiger partial charge is 0.303 e. The topological polar surface area (TPSA) is 123 Å². The molecule has 0 aromatic heterocycles. The third kappa shape index (κ3) is 4.24. The van der Waals surface area contributed by atoms with Gasteiger partial charge in [0.25, 0.3) is 0 Å². The monoisotopic (exact) mass is 390 g/mol. The van der Waals surface area contributed by atoms with E-state index in [1.54, 1.807) is 36.4 Å². The van der Waals surface area contributed by atoms with Crippen molar-refractivity contribution in [3.05, 3.63) is 42.0 Å². The van der Waals surface area contributed by atoms with Crippen molar-refractivity contribution >= 4 is 22.7 Å². The minimum Gasteiger partial charge on any atom is -0.508 e. The first kappa shape index (κ1) is 20.1. The first-order valence-corrected chi connectivity index (χ1v) is 8.81. The molecule has 3 N–H and O–H groups in total. The van der Waals surface area contributed by atoms with Crippen LogP contribution in [0.25, 0.3) is 10.8 Å². The Morgan fingerprint density at radius 3 is 2.36 bits per heavy atom. The van der Waals surface area contributed by atoms with Gasteiger partial charge in [0, 0.05) is 13.8 Å². The fourth-order valence-corrected chi connectivity index (χ4v) is 3.31. The molecule has 1 aliphatic rings. The van der Waals surface area contributed by atoms with E-state index in [4.69, 9.17) is 14.2 Å². The van der Waals surface area contributed by atoms with E-state index < -0.39 is 42.5 Å². The van der Waals surface area contributed by atoms with Crippen LogP contribution in [0.3, 0.4) is 0 Å². The van der Waals surface area contributed by atoms with Crippen LogP contribution in [-0.4, -0.2) is 58.3 Å². The maximum absolute atomic E-state index is 11.4. The summed E-state index contributed by atoms with van der Waals surface area (Å²) >= 11 is 0. The number of carbonyl (C=O) groups is 2. The van der Waals surface area contributed by atoms with Crippen LogP contribution < -0.4 is 0 Å². The van der Waals surface area contributed by atoms with Crippen molar-refractivity contribution in [1.82, 2.24) is 0 Å². The van der Waals surface area contributed by atoms with Crippen molar-refractivity contribution in [3.63, 3.8) is 0 Å². The van der Waals surface area contributed by atoms with Gasteiger partial charge in [-0.3, -0.25) is 9.59 Å². The summed E-state index contributed by atoms with van der Waals surface area (Å²) in [6.07, 6.45) is -5.86. The Labute approximate surface area is 161 Å². The number of phenolic OH excluding ortho intramolecular Hbond substituents is 1. The van der Waals surface area contributed by atoms with E-state index in [0.717, 1.165) is 10.8 Å². The van der Waals surface area contributed by atoms with E-state index in [1.165, 1.54) is 13.8 Å². The summed E-state index contributed by atoms with van der Waals surface area (Å²) in [5, 5.41) is 32.3. The molecule has 3 rings (SSSR count). The molecule has 0 radical (unpaired) electrons. The van der Waals surface area contributed by atoms with E-state index in [1.807, 2.05) is 0 Å². The fraction of sp³-hybridized carbons (Fsp3) is 0.400. The fourth-order valence-electron chi connectivity index (χ4n) is 3.31. The lowest BCUT2D eigenvalue weighted by Crippen LogP contribution is -2.57. The predicted molar refractivity (Wildman–Crippen MR) is 97.4 cm³/mol. The molecule has 8 nitrogen and oxygen atoms in total. The predicted octanol–water partition coefficient (Wildman–Crippen LogP) is 1.20. The molecule has 2 aromatic carbocycles. The average molecular weight is 390 g/mol. The lowest BCUT2D eigenvalue weighted by molar-refractivity contribution is -0.242. The van der Waals surface area contributed by atoms with Crippen molar-refractivity contribution in [1.29, 1.82) is 0 Å². The third-order valence-corrected chi connectivity index (χ3v) is 4.61. The highest BCUT2D eigenvalue weighted by molar-refractivity contribution is 5.84. The second kappa shape index (κ2) is 8.14. The first-order valence-electron chi connectivity index (χ1n) is 8.81. The minimum atomic E-state index is -1.43. The van der Waals surface area contributed by atoms with Crippen LogP contribution in [0.15, 0.2) is 36.4 Å². The molecule has 0 spiro atoms. The quantitative estimate of drug-likeness (QED) is 0.666. The van der Waals surface area contributed by atoms with Gasteiger partial charge in [0.1, 0.15) is 36.8 Å². The van der Waals surface area contributed by atoms with Gasteiger partial charge in [0.15, 0.2) is 6.10 Å². The molecule has 0 saturated carbocycles. The van der Waals surface area contributed by atoms with Gasteiger partial charge in [0.05, 0.1) is 0 Å². The molecular formula is C20H22O8. The number of esters is 2. The Morgan fingerprint density at radius 1 is 1.00 bits per heavy atom. The Kier molecular flexibility index (Phi) is 5.83. The van der Waals surface area contributed by atoms with E-state index in [2.05, 4.69) is 0 Å². The average Bonchev–Trinajstić information content (AvgIpc) is 2.64. The molecule has 1 aliphatic heterocycles. The zero-order chi connectivity index (χ0) is 20.4. The van der Waals surface area contributed by atoms with Crippen molar-refractivity contribution in [2.75, 3.05) is 6.61 Å². The molecule has 5 atom stereocenters. The normalized spacial score (nSPS) is 27.4. The summed E-state index contributed by atoms with van der Waals surface area (Å²) in [6, 6.07) is 10.1. The van der Waals surface area contributed by atoms with Crippen LogP contribution in [0.5, 0.6) is 5.75 Å². The Hall–Kier alpha value is -2.68. The number of rotatable bonds is 4. The van der Waals surface area contributed by atoms with E-state index >= 15 is 0 Å². The summed E-state index contributed by atoms with van der Waals surface area (Å²) in [5.41, 5.74) is 0.582. The highest BCUT2D eigenvalue weighted by Crippen LogP contribution is 2.35. The van der Waals surface area contributed by atoms with Crippen LogP contribution in [-0.2, 0) is 23.8 Å². The van der Waals surface area contributed by atoms with Crippen molar-refractivity contribution < 1.29 is 39.1 Å². The number of hydrogen-bond acceptors (Lipinski definition) is 8. The molecule has 5 unspecified atom stereocenters. The maximum atomic E-state index is 11.4. The number of aliphatic hydroxyl groups is 2. The molecule has 1 saturated heterocycles. The molecule has 8 heteroatoms. The summed E-state index contributed by atoms with van der Waals surface area (Å²) in [6.45, 7) is 2.16. The third-order valence-electron chi connectivity index (χ3n) is 4.61. The van der Waals surface area contributed by atoms with Crippen molar-refractivity contribution in [2.24, 2.45) is 0 Å². The highest BCUT2D eigenvalue weighted by atomic mass is 16.6. The molecular weight excluding hydrogens is 368 g/mol. The summed E-state index contributed by atoms with van der Waals surface area (Å²) < 4.78 is 15.9. The number of aliphatic hydroxyl groups excluding tert-OH is 2. The number of benzene rings is 2. The van der Waals surface area contributed by atoms with Crippen LogP contribution >= 0.6 is 0 Å². The molecule has 2 aromatic rings. The maximum Gasteiger partial charge on any atom is 0.303 e. The number of aromatic hydroxyl groups is 1. The zero-order valence-electron chi connectivity index (χ0n) is 15.4. The summed E-state index contributed by atoms with van der Waals surface area (Å²) in [7, 11) is 0. The van der Waals surface area contributed by atoms with E-state index in [0.29, 0.717) is 5.56 Å². The standard InChI is InChI=1S/C20H22O8/c1-10(21)26-9-16-20(27-11(2)22)18(25)17(24)19(28-16)14-4-3-13-8-15(23)6-5-12(13)7-14/h3-8,16-20,23-25H,9H2,1-2H3. The lowest BCUT2D eigenvalue weighted by Gasteiger charge is -2.42. The van der Waals surface area contributed by atoms with Gasteiger partial charge in [0.2, 0.25) is 0 Å². The number of ether oxygens (including phenoxy) is 3. The van der Waals surface area contributed by atoms with Crippen LogP contribution in [0.4, 0.5) is 0 Å². The molecule has 150 valence electrons. The molecule has 0 bridgehead atoms. The number of fused-ring (bicyclic) bond motifs is 1. The molecule has 0 amide bonds. The van der Waals surface area contributed by atoms with Gasteiger partial charge < -0.3 is 29.5 Å². The number of phenols is 1. The Bertz CT molecular complexity index is 880. The number of carbonyl (C=O) groups excluding carboxylic acids is 2. The van der Waals surface area contributed by atoms with Gasteiger partial charge in [-0.25, -0.2) is 0 Å².